The number of benzene rings is 1. The standard InChI is InChI=1S/C18H17BrN6O2/c1-27-11-4-5-12-13(8-11)25-14(9-15-17(19)20-10-24(12)15)16(21-22-25)18(26)23-6-2-3-7-23/h4-5,8,10H,2-3,6-7,9H2,1H3. The zero-order chi connectivity index (χ0) is 18.5. The summed E-state index contributed by atoms with van der Waals surface area (Å²) in [5.41, 5.74) is 3.85. The third-order valence-electron chi connectivity index (χ3n) is 5.18. The number of nitrogens with zero attached hydrogens (tertiary/aromatic N) is 6. The molecule has 2 aromatic heterocycles. The lowest BCUT2D eigenvalue weighted by molar-refractivity contribution is 0.0786. The first kappa shape index (κ1) is 16.5. The average molecular weight is 429 g/mol. The molecule has 1 saturated heterocycles. The first-order valence-corrected chi connectivity index (χ1v) is 9.61. The SMILES string of the molecule is COc1ccc2c(c1)-n1nnc(C(=O)N3CCCC3)c1Cc1c(Br)ncn1-2. The Kier molecular flexibility index (Phi) is 3.78. The number of aromatic nitrogens is 5. The highest BCUT2D eigenvalue weighted by Crippen LogP contribution is 2.33. The predicted octanol–water partition coefficient (Wildman–Crippen LogP) is 2.36. The van der Waals surface area contributed by atoms with E-state index in [1.807, 2.05) is 27.7 Å². The number of carbonyl (C=O) groups is 1. The number of methoxy groups -OCH3 is 1. The second-order valence-electron chi connectivity index (χ2n) is 6.68. The largest absolute Gasteiger partial charge is 0.497 e. The Labute approximate surface area is 163 Å². The van der Waals surface area contributed by atoms with E-state index in [1.165, 1.54) is 0 Å². The van der Waals surface area contributed by atoms with Crippen molar-refractivity contribution >= 4 is 21.8 Å². The fourth-order valence-corrected chi connectivity index (χ4v) is 4.19. The molecule has 8 nitrogen and oxygen atoms in total. The van der Waals surface area contributed by atoms with Gasteiger partial charge in [-0.2, -0.15) is 0 Å². The molecule has 3 aromatic rings. The van der Waals surface area contributed by atoms with Crippen molar-refractivity contribution in [1.29, 1.82) is 0 Å². The summed E-state index contributed by atoms with van der Waals surface area (Å²) < 4.78 is 9.90. The Morgan fingerprint density at radius 2 is 2.00 bits per heavy atom. The van der Waals surface area contributed by atoms with E-state index in [0.29, 0.717) is 17.9 Å². The Morgan fingerprint density at radius 1 is 1.19 bits per heavy atom. The van der Waals surface area contributed by atoms with E-state index < -0.39 is 0 Å². The number of fused-ring (bicyclic) bond motifs is 5. The van der Waals surface area contributed by atoms with Crippen LogP contribution in [-0.2, 0) is 6.42 Å². The Hall–Kier alpha value is -2.68. The molecule has 2 aliphatic rings. The Morgan fingerprint density at radius 3 is 2.78 bits per heavy atom. The number of hydrogen-bond donors (Lipinski definition) is 0. The number of halogens is 1. The van der Waals surface area contributed by atoms with Crippen molar-refractivity contribution < 1.29 is 9.53 Å². The van der Waals surface area contributed by atoms with E-state index >= 15 is 0 Å². The van der Waals surface area contributed by atoms with Gasteiger partial charge in [-0.05, 0) is 40.9 Å². The molecule has 27 heavy (non-hydrogen) atoms. The summed E-state index contributed by atoms with van der Waals surface area (Å²) in [5, 5.41) is 8.59. The van der Waals surface area contributed by atoms with Crippen molar-refractivity contribution in [2.45, 2.75) is 19.3 Å². The van der Waals surface area contributed by atoms with Crippen LogP contribution in [0.4, 0.5) is 0 Å². The maximum absolute atomic E-state index is 13.0. The second kappa shape index (κ2) is 6.19. The van der Waals surface area contributed by atoms with Gasteiger partial charge in [0, 0.05) is 25.6 Å². The zero-order valence-electron chi connectivity index (χ0n) is 14.7. The molecule has 0 radical (unpaired) electrons. The summed E-state index contributed by atoms with van der Waals surface area (Å²) in [6.07, 6.45) is 4.34. The van der Waals surface area contributed by atoms with Crippen molar-refractivity contribution in [3.05, 3.63) is 46.2 Å². The van der Waals surface area contributed by atoms with E-state index in [0.717, 1.165) is 53.3 Å². The van der Waals surface area contributed by atoms with Gasteiger partial charge in [0.05, 0.1) is 29.9 Å². The lowest BCUT2D eigenvalue weighted by atomic mass is 10.2. The van der Waals surface area contributed by atoms with Gasteiger partial charge in [-0.1, -0.05) is 5.21 Å². The van der Waals surface area contributed by atoms with Crippen molar-refractivity contribution in [3.8, 4) is 17.1 Å². The first-order valence-electron chi connectivity index (χ1n) is 8.81. The maximum atomic E-state index is 13.0. The third kappa shape index (κ3) is 2.48. The molecular weight excluding hydrogens is 412 g/mol. The number of imidazole rings is 1. The van der Waals surface area contributed by atoms with Crippen LogP contribution in [-0.4, -0.2) is 55.6 Å². The molecule has 0 unspecified atom stereocenters. The summed E-state index contributed by atoms with van der Waals surface area (Å²) >= 11 is 3.53. The minimum atomic E-state index is -0.0534. The van der Waals surface area contributed by atoms with Crippen LogP contribution in [0.3, 0.4) is 0 Å². The monoisotopic (exact) mass is 428 g/mol. The normalized spacial score (nSPS) is 15.1. The highest BCUT2D eigenvalue weighted by Gasteiger charge is 2.31. The van der Waals surface area contributed by atoms with Gasteiger partial charge < -0.3 is 9.64 Å². The number of hydrogen-bond acceptors (Lipinski definition) is 5. The highest BCUT2D eigenvalue weighted by atomic mass is 79.9. The van der Waals surface area contributed by atoms with Gasteiger partial charge in [-0.3, -0.25) is 9.36 Å². The van der Waals surface area contributed by atoms with Gasteiger partial charge in [0.15, 0.2) is 5.69 Å². The molecule has 138 valence electrons. The Balaban J connectivity index is 1.72. The van der Waals surface area contributed by atoms with Gasteiger partial charge in [-0.25, -0.2) is 9.67 Å². The molecule has 1 amide bonds. The fraction of sp³-hybridized carbons (Fsp3) is 0.333. The Bertz CT molecular complexity index is 1050. The van der Waals surface area contributed by atoms with Crippen molar-refractivity contribution in [3.63, 3.8) is 0 Å². The molecule has 0 saturated carbocycles. The van der Waals surface area contributed by atoms with Gasteiger partial charge in [0.25, 0.3) is 5.91 Å². The number of ether oxygens (including phenoxy) is 1. The minimum Gasteiger partial charge on any atom is -0.497 e. The topological polar surface area (TPSA) is 78.1 Å². The van der Waals surface area contributed by atoms with Crippen LogP contribution >= 0.6 is 15.9 Å². The van der Waals surface area contributed by atoms with Crippen LogP contribution in [0.5, 0.6) is 5.75 Å². The summed E-state index contributed by atoms with van der Waals surface area (Å²) in [7, 11) is 1.63. The second-order valence-corrected chi connectivity index (χ2v) is 7.43. The van der Waals surface area contributed by atoms with E-state index in [9.17, 15) is 4.79 Å². The van der Waals surface area contributed by atoms with Crippen molar-refractivity contribution in [2.24, 2.45) is 0 Å². The van der Waals surface area contributed by atoms with Crippen LogP contribution in [0.25, 0.3) is 11.4 Å². The maximum Gasteiger partial charge on any atom is 0.276 e. The molecule has 9 heteroatoms. The van der Waals surface area contributed by atoms with Gasteiger partial charge in [-0.15, -0.1) is 5.10 Å². The zero-order valence-corrected chi connectivity index (χ0v) is 16.3. The molecule has 4 heterocycles. The summed E-state index contributed by atoms with van der Waals surface area (Å²) in [6, 6.07) is 5.76. The van der Waals surface area contributed by atoms with E-state index in [-0.39, 0.29) is 5.91 Å². The van der Waals surface area contributed by atoms with Crippen LogP contribution in [0.15, 0.2) is 29.1 Å². The molecule has 0 aliphatic carbocycles. The number of likely N-dealkylation sites (tertiary alicyclic amines) is 1. The molecule has 1 aromatic carbocycles. The fourth-order valence-electron chi connectivity index (χ4n) is 3.77. The van der Waals surface area contributed by atoms with Crippen LogP contribution in [0.2, 0.25) is 0 Å². The smallest absolute Gasteiger partial charge is 0.276 e. The van der Waals surface area contributed by atoms with E-state index in [1.54, 1.807) is 18.1 Å². The van der Waals surface area contributed by atoms with Crippen LogP contribution in [0.1, 0.15) is 34.7 Å². The molecule has 0 atom stereocenters. The molecule has 5 rings (SSSR count). The van der Waals surface area contributed by atoms with Gasteiger partial charge in [0.1, 0.15) is 16.7 Å². The molecule has 0 bridgehead atoms. The van der Waals surface area contributed by atoms with Crippen LogP contribution in [0, 0.1) is 0 Å². The van der Waals surface area contributed by atoms with Gasteiger partial charge >= 0.3 is 0 Å². The minimum absolute atomic E-state index is 0.0534. The molecule has 1 fully saturated rings. The van der Waals surface area contributed by atoms with Gasteiger partial charge in [0.2, 0.25) is 0 Å². The third-order valence-corrected chi connectivity index (χ3v) is 5.84. The quantitative estimate of drug-likeness (QED) is 0.489. The van der Waals surface area contributed by atoms with Crippen molar-refractivity contribution in [2.75, 3.05) is 20.2 Å². The predicted molar refractivity (Wildman–Crippen MR) is 101 cm³/mol. The first-order chi connectivity index (χ1) is 13.2. The molecule has 0 spiro atoms. The molecule has 0 N–H and O–H groups in total. The lowest BCUT2D eigenvalue weighted by Gasteiger charge is -2.14. The van der Waals surface area contributed by atoms with Crippen LogP contribution < -0.4 is 4.74 Å². The summed E-state index contributed by atoms with van der Waals surface area (Å²) in [4.78, 5) is 19.3. The molecule has 2 aliphatic heterocycles. The lowest BCUT2D eigenvalue weighted by Crippen LogP contribution is -2.29. The van der Waals surface area contributed by atoms with Crippen molar-refractivity contribution in [1.82, 2.24) is 29.4 Å². The summed E-state index contributed by atoms with van der Waals surface area (Å²) in [5.74, 6) is 0.660. The van der Waals surface area contributed by atoms with E-state index in [2.05, 4.69) is 31.2 Å². The highest BCUT2D eigenvalue weighted by molar-refractivity contribution is 9.10. The number of rotatable bonds is 2. The average Bonchev–Trinajstić information content (AvgIpc) is 3.41. The summed E-state index contributed by atoms with van der Waals surface area (Å²) in [6.45, 7) is 1.55. The van der Waals surface area contributed by atoms with E-state index in [4.69, 9.17) is 4.74 Å². The molecular formula is C18H17BrN6O2. The number of carbonyl (C=O) groups excluding carboxylic acids is 1. The number of amides is 1.